The minimum Gasteiger partial charge on any atom is -0.310 e. The third kappa shape index (κ3) is 2.89. The molecule has 0 bridgehead atoms. The zero-order valence-electron chi connectivity index (χ0n) is 9.85. The normalized spacial score (nSPS) is 10.0. The lowest BCUT2D eigenvalue weighted by Gasteiger charge is -2.18. The smallest absolute Gasteiger partial charge is 0.260 e. The molecule has 1 amide bonds. The van der Waals surface area contributed by atoms with Gasteiger partial charge in [-0.05, 0) is 50.1 Å². The lowest BCUT2D eigenvalue weighted by Crippen LogP contribution is -2.26. The molecule has 0 aliphatic heterocycles. The molecule has 0 fully saturated rings. The molecule has 19 heavy (non-hydrogen) atoms. The molecule has 0 atom stereocenters. The highest BCUT2D eigenvalue weighted by Crippen LogP contribution is 2.33. The molecule has 1 aromatic heterocycles. The van der Waals surface area contributed by atoms with Gasteiger partial charge in [-0.25, -0.2) is 0 Å². The number of amides is 1. The first-order valence-electron chi connectivity index (χ1n) is 5.26. The number of nitriles is 1. The van der Waals surface area contributed by atoms with Crippen molar-refractivity contribution >= 4 is 54.8 Å². The summed E-state index contributed by atoms with van der Waals surface area (Å²) in [6.45, 7) is 0. The molecular formula is C13H8Br2N2OS. The number of anilines is 1. The standard InChI is InChI=1S/C13H8Br2N2OS/c1-17(10-5-3-2-4-8(10)7-16)13(18)9-6-11(14)19-12(9)15/h2-6H,1H3. The van der Waals surface area contributed by atoms with Gasteiger partial charge in [0.25, 0.3) is 5.91 Å². The summed E-state index contributed by atoms with van der Waals surface area (Å²) in [6.07, 6.45) is 0. The van der Waals surface area contributed by atoms with Crippen LogP contribution in [-0.2, 0) is 0 Å². The van der Waals surface area contributed by atoms with Crippen LogP contribution in [0.2, 0.25) is 0 Å². The number of halogens is 2. The van der Waals surface area contributed by atoms with Crippen LogP contribution in [0.15, 0.2) is 37.9 Å². The number of para-hydroxylation sites is 1. The molecule has 96 valence electrons. The van der Waals surface area contributed by atoms with Gasteiger partial charge in [-0.2, -0.15) is 5.26 Å². The molecule has 2 rings (SSSR count). The molecule has 0 aliphatic carbocycles. The Bertz CT molecular complexity index is 676. The van der Waals surface area contributed by atoms with Crippen molar-refractivity contribution < 1.29 is 4.79 Å². The maximum Gasteiger partial charge on any atom is 0.260 e. The summed E-state index contributed by atoms with van der Waals surface area (Å²) in [4.78, 5) is 13.9. The summed E-state index contributed by atoms with van der Waals surface area (Å²) in [6, 6.07) is 10.9. The Hall–Kier alpha value is -1.16. The number of carbonyl (C=O) groups is 1. The van der Waals surface area contributed by atoms with Crippen molar-refractivity contribution in [2.24, 2.45) is 0 Å². The average Bonchev–Trinajstić information content (AvgIpc) is 2.76. The van der Waals surface area contributed by atoms with Crippen molar-refractivity contribution in [3.63, 3.8) is 0 Å². The van der Waals surface area contributed by atoms with Gasteiger partial charge in [-0.1, -0.05) is 12.1 Å². The van der Waals surface area contributed by atoms with Gasteiger partial charge in [0, 0.05) is 7.05 Å². The summed E-state index contributed by atoms with van der Waals surface area (Å²) >= 11 is 8.16. The van der Waals surface area contributed by atoms with Crippen molar-refractivity contribution in [2.75, 3.05) is 11.9 Å². The second-order valence-electron chi connectivity index (χ2n) is 3.73. The SMILES string of the molecule is CN(C(=O)c1cc(Br)sc1Br)c1ccccc1C#N. The molecular weight excluding hydrogens is 392 g/mol. The van der Waals surface area contributed by atoms with Crippen molar-refractivity contribution in [1.82, 2.24) is 0 Å². The predicted molar refractivity (Wildman–Crippen MR) is 83.6 cm³/mol. The zero-order chi connectivity index (χ0) is 14.0. The summed E-state index contributed by atoms with van der Waals surface area (Å²) in [5.41, 5.74) is 1.65. The molecule has 2 aromatic rings. The second-order valence-corrected chi connectivity index (χ2v) is 7.48. The van der Waals surface area contributed by atoms with Gasteiger partial charge in [-0.15, -0.1) is 11.3 Å². The monoisotopic (exact) mass is 398 g/mol. The molecule has 0 spiro atoms. The number of hydrogen-bond acceptors (Lipinski definition) is 3. The Kier molecular flexibility index (Phi) is 4.40. The minimum atomic E-state index is -0.156. The molecule has 0 aliphatic rings. The zero-order valence-corrected chi connectivity index (χ0v) is 13.8. The Balaban J connectivity index is 2.40. The van der Waals surface area contributed by atoms with Gasteiger partial charge < -0.3 is 4.90 Å². The third-order valence-electron chi connectivity index (χ3n) is 2.58. The Morgan fingerprint density at radius 3 is 2.63 bits per heavy atom. The first-order valence-corrected chi connectivity index (χ1v) is 7.67. The quantitative estimate of drug-likeness (QED) is 0.750. The van der Waals surface area contributed by atoms with E-state index in [1.807, 2.05) is 0 Å². The van der Waals surface area contributed by atoms with E-state index < -0.39 is 0 Å². The van der Waals surface area contributed by atoms with Gasteiger partial charge >= 0.3 is 0 Å². The molecule has 0 saturated heterocycles. The van der Waals surface area contributed by atoms with Gasteiger partial charge in [-0.3, -0.25) is 4.79 Å². The van der Waals surface area contributed by atoms with Crippen LogP contribution in [0.25, 0.3) is 0 Å². The van der Waals surface area contributed by atoms with Gasteiger partial charge in [0.15, 0.2) is 0 Å². The largest absolute Gasteiger partial charge is 0.310 e. The first kappa shape index (κ1) is 14.3. The highest BCUT2D eigenvalue weighted by atomic mass is 79.9. The number of nitrogens with zero attached hydrogens (tertiary/aromatic N) is 2. The third-order valence-corrected chi connectivity index (χ3v) is 4.92. The van der Waals surface area contributed by atoms with Gasteiger partial charge in [0.05, 0.1) is 24.4 Å². The number of hydrogen-bond donors (Lipinski definition) is 0. The molecule has 3 nitrogen and oxygen atoms in total. The molecule has 1 aromatic carbocycles. The van der Waals surface area contributed by atoms with Crippen LogP contribution < -0.4 is 4.90 Å². The summed E-state index contributed by atoms with van der Waals surface area (Å²) in [5, 5.41) is 9.08. The fraction of sp³-hybridized carbons (Fsp3) is 0.0769. The maximum absolute atomic E-state index is 12.4. The van der Waals surface area contributed by atoms with E-state index >= 15 is 0 Å². The van der Waals surface area contributed by atoms with E-state index in [1.54, 1.807) is 37.4 Å². The fourth-order valence-electron chi connectivity index (χ4n) is 1.64. The number of carbonyl (C=O) groups excluding carboxylic acids is 1. The van der Waals surface area contributed by atoms with Crippen LogP contribution in [0.5, 0.6) is 0 Å². The highest BCUT2D eigenvalue weighted by Gasteiger charge is 2.20. The van der Waals surface area contributed by atoms with E-state index in [-0.39, 0.29) is 5.91 Å². The van der Waals surface area contributed by atoms with Crippen molar-refractivity contribution in [3.05, 3.63) is 49.0 Å². The summed E-state index contributed by atoms with van der Waals surface area (Å²) in [7, 11) is 1.66. The van der Waals surface area contributed by atoms with Crippen molar-refractivity contribution in [1.29, 1.82) is 5.26 Å². The van der Waals surface area contributed by atoms with Crippen LogP contribution in [-0.4, -0.2) is 13.0 Å². The van der Waals surface area contributed by atoms with E-state index in [0.717, 1.165) is 7.57 Å². The number of benzene rings is 1. The fourth-order valence-corrected chi connectivity index (χ4v) is 4.41. The average molecular weight is 400 g/mol. The predicted octanol–water partition coefficient (Wildman–Crippen LogP) is 4.42. The topological polar surface area (TPSA) is 44.1 Å². The minimum absolute atomic E-state index is 0.156. The summed E-state index contributed by atoms with van der Waals surface area (Å²) < 4.78 is 1.65. The van der Waals surface area contributed by atoms with E-state index in [4.69, 9.17) is 5.26 Å². The van der Waals surface area contributed by atoms with Gasteiger partial charge in [0.1, 0.15) is 6.07 Å². The van der Waals surface area contributed by atoms with Crippen LogP contribution >= 0.6 is 43.2 Å². The van der Waals surface area contributed by atoms with E-state index in [0.29, 0.717) is 16.8 Å². The van der Waals surface area contributed by atoms with Crippen LogP contribution in [0.1, 0.15) is 15.9 Å². The number of thiophene rings is 1. The van der Waals surface area contributed by atoms with Crippen LogP contribution in [0.3, 0.4) is 0 Å². The Labute approximate surface area is 131 Å². The van der Waals surface area contributed by atoms with Crippen LogP contribution in [0, 0.1) is 11.3 Å². The first-order chi connectivity index (χ1) is 9.04. The van der Waals surface area contributed by atoms with Crippen molar-refractivity contribution in [2.45, 2.75) is 0 Å². The van der Waals surface area contributed by atoms with Gasteiger partial charge in [0.2, 0.25) is 0 Å². The second kappa shape index (κ2) is 5.87. The number of rotatable bonds is 2. The highest BCUT2D eigenvalue weighted by molar-refractivity contribution is 9.12. The lowest BCUT2D eigenvalue weighted by molar-refractivity contribution is 0.0992. The molecule has 0 saturated carbocycles. The molecule has 6 heteroatoms. The molecule has 0 radical (unpaired) electrons. The lowest BCUT2D eigenvalue weighted by atomic mass is 10.1. The molecule has 0 unspecified atom stereocenters. The summed E-state index contributed by atoms with van der Waals surface area (Å²) in [5.74, 6) is -0.156. The van der Waals surface area contributed by atoms with Crippen molar-refractivity contribution in [3.8, 4) is 6.07 Å². The van der Waals surface area contributed by atoms with Crippen LogP contribution in [0.4, 0.5) is 5.69 Å². The molecule has 1 heterocycles. The van der Waals surface area contributed by atoms with E-state index in [9.17, 15) is 4.79 Å². The Morgan fingerprint density at radius 1 is 1.37 bits per heavy atom. The van der Waals surface area contributed by atoms with E-state index in [1.165, 1.54) is 16.2 Å². The molecule has 0 N–H and O–H groups in total. The van der Waals surface area contributed by atoms with E-state index in [2.05, 4.69) is 37.9 Å². The Morgan fingerprint density at radius 2 is 2.05 bits per heavy atom. The maximum atomic E-state index is 12.4.